The fourth-order valence-electron chi connectivity index (χ4n) is 3.00. The van der Waals surface area contributed by atoms with Crippen molar-refractivity contribution in [2.75, 3.05) is 20.3 Å². The minimum absolute atomic E-state index is 0.0655. The highest BCUT2D eigenvalue weighted by atomic mass is 35.5. The number of hydrogen-bond donors (Lipinski definition) is 1. The third-order valence-corrected chi connectivity index (χ3v) is 4.89. The van der Waals surface area contributed by atoms with Crippen LogP contribution in [0.4, 0.5) is 0 Å². The minimum atomic E-state index is -0.162. The first-order valence-corrected chi connectivity index (χ1v) is 8.81. The topological polar surface area (TPSA) is 47.6 Å². The number of rotatable bonds is 7. The van der Waals surface area contributed by atoms with Gasteiger partial charge in [-0.1, -0.05) is 41.9 Å². The normalized spacial score (nSPS) is 14.7. The van der Waals surface area contributed by atoms with Gasteiger partial charge in [0.1, 0.15) is 0 Å². The van der Waals surface area contributed by atoms with Crippen molar-refractivity contribution in [2.45, 2.75) is 25.2 Å². The maximum absolute atomic E-state index is 12.6. The summed E-state index contributed by atoms with van der Waals surface area (Å²) >= 11 is 6.25. The first-order valence-electron chi connectivity index (χ1n) is 8.43. The number of amides is 1. The molecule has 1 aliphatic carbocycles. The van der Waals surface area contributed by atoms with Gasteiger partial charge in [-0.15, -0.1) is 0 Å². The van der Waals surface area contributed by atoms with Crippen LogP contribution < -0.4 is 14.8 Å². The molecule has 0 aliphatic heterocycles. The Labute approximate surface area is 153 Å². The van der Waals surface area contributed by atoms with Crippen LogP contribution in [0.15, 0.2) is 42.5 Å². The Balaban J connectivity index is 1.73. The van der Waals surface area contributed by atoms with E-state index < -0.39 is 0 Å². The highest BCUT2D eigenvalue weighted by Gasteiger charge is 2.44. The molecular weight excluding hydrogens is 338 g/mol. The van der Waals surface area contributed by atoms with Gasteiger partial charge >= 0.3 is 0 Å². The minimum Gasteiger partial charge on any atom is -0.493 e. The van der Waals surface area contributed by atoms with E-state index in [-0.39, 0.29) is 11.3 Å². The smallest absolute Gasteiger partial charge is 0.251 e. The van der Waals surface area contributed by atoms with Crippen molar-refractivity contribution in [1.29, 1.82) is 0 Å². The van der Waals surface area contributed by atoms with Gasteiger partial charge < -0.3 is 14.8 Å². The van der Waals surface area contributed by atoms with Crippen LogP contribution in [-0.4, -0.2) is 26.2 Å². The molecule has 0 bridgehead atoms. The summed E-state index contributed by atoms with van der Waals surface area (Å²) in [7, 11) is 1.53. The zero-order valence-electron chi connectivity index (χ0n) is 14.5. The third kappa shape index (κ3) is 3.74. The van der Waals surface area contributed by atoms with Crippen LogP contribution in [0.2, 0.25) is 5.02 Å². The molecule has 1 aliphatic rings. The highest BCUT2D eigenvalue weighted by molar-refractivity contribution is 6.32. The molecule has 5 heteroatoms. The number of halogens is 1. The number of ether oxygens (including phenoxy) is 2. The summed E-state index contributed by atoms with van der Waals surface area (Å²) in [6.45, 7) is 2.96. The van der Waals surface area contributed by atoms with Gasteiger partial charge in [-0.25, -0.2) is 0 Å². The molecule has 4 nitrogen and oxygen atoms in total. The summed E-state index contributed by atoms with van der Waals surface area (Å²) < 4.78 is 10.8. The Bertz CT molecular complexity index is 757. The molecule has 1 saturated carbocycles. The Morgan fingerprint density at radius 2 is 1.96 bits per heavy atom. The van der Waals surface area contributed by atoms with E-state index in [9.17, 15) is 4.79 Å². The molecule has 132 valence electrons. The molecule has 0 heterocycles. The molecule has 0 saturated heterocycles. The van der Waals surface area contributed by atoms with Crippen LogP contribution in [0.3, 0.4) is 0 Å². The lowest BCUT2D eigenvalue weighted by Crippen LogP contribution is -2.32. The quantitative estimate of drug-likeness (QED) is 0.805. The summed E-state index contributed by atoms with van der Waals surface area (Å²) in [6.07, 6.45) is 2.18. The number of carbonyl (C=O) groups is 1. The van der Waals surface area contributed by atoms with Crippen molar-refractivity contribution in [1.82, 2.24) is 5.32 Å². The average Bonchev–Trinajstić information content (AvgIpc) is 3.43. The van der Waals surface area contributed by atoms with E-state index in [2.05, 4.69) is 17.4 Å². The van der Waals surface area contributed by atoms with Crippen molar-refractivity contribution in [3.63, 3.8) is 0 Å². The van der Waals surface area contributed by atoms with Crippen LogP contribution in [0, 0.1) is 0 Å². The molecule has 25 heavy (non-hydrogen) atoms. The molecule has 1 amide bonds. The van der Waals surface area contributed by atoms with Crippen LogP contribution in [0.1, 0.15) is 35.7 Å². The lowest BCUT2D eigenvalue weighted by molar-refractivity contribution is 0.0949. The van der Waals surface area contributed by atoms with Crippen molar-refractivity contribution >= 4 is 17.5 Å². The summed E-state index contributed by atoms with van der Waals surface area (Å²) in [5.41, 5.74) is 1.81. The molecule has 3 rings (SSSR count). The third-order valence-electron chi connectivity index (χ3n) is 4.61. The van der Waals surface area contributed by atoms with Crippen LogP contribution in [0.25, 0.3) is 0 Å². The monoisotopic (exact) mass is 359 g/mol. The number of hydrogen-bond acceptors (Lipinski definition) is 3. The Morgan fingerprint density at radius 3 is 2.56 bits per heavy atom. The van der Waals surface area contributed by atoms with Gasteiger partial charge in [-0.2, -0.15) is 0 Å². The molecule has 2 aromatic carbocycles. The number of carbonyl (C=O) groups excluding carboxylic acids is 1. The van der Waals surface area contributed by atoms with E-state index >= 15 is 0 Å². The second-order valence-corrected chi connectivity index (χ2v) is 6.66. The molecule has 2 aromatic rings. The maximum Gasteiger partial charge on any atom is 0.251 e. The van der Waals surface area contributed by atoms with E-state index in [4.69, 9.17) is 21.1 Å². The highest BCUT2D eigenvalue weighted by Crippen LogP contribution is 2.47. The van der Waals surface area contributed by atoms with Crippen molar-refractivity contribution in [3.05, 3.63) is 58.6 Å². The van der Waals surface area contributed by atoms with Crippen molar-refractivity contribution < 1.29 is 14.3 Å². The van der Waals surface area contributed by atoms with E-state index in [0.29, 0.717) is 35.2 Å². The van der Waals surface area contributed by atoms with Gasteiger partial charge in [0.15, 0.2) is 11.5 Å². The average molecular weight is 360 g/mol. The number of methoxy groups -OCH3 is 1. The SMILES string of the molecule is CCOc1c(Cl)cc(C(=O)NCC2(c3ccccc3)CC2)cc1OC. The lowest BCUT2D eigenvalue weighted by Gasteiger charge is -2.17. The van der Waals surface area contributed by atoms with E-state index in [1.807, 2.05) is 25.1 Å². The van der Waals surface area contributed by atoms with Crippen molar-refractivity contribution in [3.8, 4) is 11.5 Å². The van der Waals surface area contributed by atoms with Crippen LogP contribution in [-0.2, 0) is 5.41 Å². The number of benzene rings is 2. The molecular formula is C20H22ClNO3. The second kappa shape index (κ2) is 7.36. The van der Waals surface area contributed by atoms with Gasteiger partial charge in [0.25, 0.3) is 5.91 Å². The molecule has 0 unspecified atom stereocenters. The molecule has 0 aromatic heterocycles. The zero-order chi connectivity index (χ0) is 17.9. The first kappa shape index (κ1) is 17.6. The van der Waals surface area contributed by atoms with Gasteiger partial charge in [0.2, 0.25) is 0 Å². The standard InChI is InChI=1S/C20H22ClNO3/c1-3-25-18-16(21)11-14(12-17(18)24-2)19(23)22-13-20(9-10-20)15-7-5-4-6-8-15/h4-8,11-12H,3,9-10,13H2,1-2H3,(H,22,23). The molecule has 0 atom stereocenters. The Hall–Kier alpha value is -2.20. The van der Waals surface area contributed by atoms with E-state index in [0.717, 1.165) is 12.8 Å². The van der Waals surface area contributed by atoms with E-state index in [1.54, 1.807) is 12.1 Å². The summed E-state index contributed by atoms with van der Waals surface area (Å²) in [5.74, 6) is 0.764. The number of nitrogens with one attached hydrogen (secondary N) is 1. The zero-order valence-corrected chi connectivity index (χ0v) is 15.2. The molecule has 1 fully saturated rings. The molecule has 1 N–H and O–H groups in total. The maximum atomic E-state index is 12.6. The van der Waals surface area contributed by atoms with Gasteiger partial charge in [0.05, 0.1) is 18.7 Å². The van der Waals surface area contributed by atoms with Crippen LogP contribution >= 0.6 is 11.6 Å². The Kier molecular flexibility index (Phi) is 5.19. The van der Waals surface area contributed by atoms with Gasteiger partial charge in [-0.05, 0) is 37.5 Å². The summed E-state index contributed by atoms with van der Waals surface area (Å²) in [5, 5.41) is 3.41. The van der Waals surface area contributed by atoms with Gasteiger partial charge in [-0.3, -0.25) is 4.79 Å². The van der Waals surface area contributed by atoms with E-state index in [1.165, 1.54) is 12.7 Å². The predicted molar refractivity (Wildman–Crippen MR) is 98.9 cm³/mol. The molecule has 0 spiro atoms. The predicted octanol–water partition coefficient (Wildman–Crippen LogP) is 4.21. The van der Waals surface area contributed by atoms with Crippen LogP contribution in [0.5, 0.6) is 11.5 Å². The second-order valence-electron chi connectivity index (χ2n) is 6.25. The lowest BCUT2D eigenvalue weighted by atomic mass is 9.96. The first-order chi connectivity index (χ1) is 12.1. The summed E-state index contributed by atoms with van der Waals surface area (Å²) in [4.78, 5) is 12.6. The fraction of sp³-hybridized carbons (Fsp3) is 0.350. The largest absolute Gasteiger partial charge is 0.493 e. The molecule has 0 radical (unpaired) electrons. The van der Waals surface area contributed by atoms with Crippen molar-refractivity contribution in [2.24, 2.45) is 0 Å². The van der Waals surface area contributed by atoms with Gasteiger partial charge in [0, 0.05) is 17.5 Å². The summed E-state index contributed by atoms with van der Waals surface area (Å²) in [6, 6.07) is 13.6. The fourth-order valence-corrected chi connectivity index (χ4v) is 3.26. The Morgan fingerprint density at radius 1 is 1.24 bits per heavy atom.